The van der Waals surface area contributed by atoms with Gasteiger partial charge >= 0.3 is 0 Å². The summed E-state index contributed by atoms with van der Waals surface area (Å²) in [5, 5.41) is 6.53. The second-order valence-electron chi connectivity index (χ2n) is 5.95. The van der Waals surface area contributed by atoms with Crippen LogP contribution in [-0.4, -0.2) is 38.0 Å². The number of ether oxygens (including phenoxy) is 1. The molecule has 0 aliphatic carbocycles. The van der Waals surface area contributed by atoms with Crippen molar-refractivity contribution in [3.05, 3.63) is 48.5 Å². The van der Waals surface area contributed by atoms with E-state index < -0.39 is 10.0 Å². The van der Waals surface area contributed by atoms with Gasteiger partial charge in [0.05, 0.1) is 12.0 Å². The van der Waals surface area contributed by atoms with Gasteiger partial charge in [-0.15, -0.1) is 0 Å². The van der Waals surface area contributed by atoms with Gasteiger partial charge in [-0.3, -0.25) is 0 Å². The smallest absolute Gasteiger partial charge is 0.243 e. The molecule has 0 atom stereocenters. The molecule has 1 heterocycles. The number of methoxy groups -OCH3 is 1. The van der Waals surface area contributed by atoms with E-state index in [1.54, 1.807) is 31.4 Å². The number of hydrogen-bond donors (Lipinski definition) is 2. The van der Waals surface area contributed by atoms with Crippen molar-refractivity contribution in [1.29, 1.82) is 0 Å². The normalized spacial score (nSPS) is 14.8. The first-order chi connectivity index (χ1) is 12.5. The van der Waals surface area contributed by atoms with E-state index in [1.165, 1.54) is 4.31 Å². The number of nitrogens with one attached hydrogen (secondary N) is 2. The van der Waals surface area contributed by atoms with Crippen LogP contribution < -0.4 is 15.4 Å². The molecule has 0 bridgehead atoms. The van der Waals surface area contributed by atoms with Gasteiger partial charge in [0, 0.05) is 30.5 Å². The van der Waals surface area contributed by atoms with Crippen LogP contribution in [0.3, 0.4) is 0 Å². The third kappa shape index (κ3) is 4.32. The Labute approximate surface area is 159 Å². The molecule has 1 saturated heterocycles. The number of benzene rings is 2. The summed E-state index contributed by atoms with van der Waals surface area (Å²) in [7, 11) is -1.79. The van der Waals surface area contributed by atoms with E-state index in [4.69, 9.17) is 17.0 Å². The molecule has 0 unspecified atom stereocenters. The van der Waals surface area contributed by atoms with Crippen LogP contribution in [0.4, 0.5) is 11.4 Å². The van der Waals surface area contributed by atoms with Crippen LogP contribution in [-0.2, 0) is 10.0 Å². The number of thiocarbonyl (C=S) groups is 1. The first kappa shape index (κ1) is 18.6. The lowest BCUT2D eigenvalue weighted by Gasteiger charge is -2.16. The van der Waals surface area contributed by atoms with Crippen LogP contribution in [0.25, 0.3) is 0 Å². The second-order valence-corrected chi connectivity index (χ2v) is 8.29. The van der Waals surface area contributed by atoms with Gasteiger partial charge < -0.3 is 15.4 Å². The van der Waals surface area contributed by atoms with Gasteiger partial charge in [-0.2, -0.15) is 4.31 Å². The lowest BCUT2D eigenvalue weighted by Crippen LogP contribution is -2.27. The lowest BCUT2D eigenvalue weighted by molar-refractivity contribution is 0.415. The molecule has 26 heavy (non-hydrogen) atoms. The maximum atomic E-state index is 12.5. The molecule has 2 aromatic carbocycles. The molecular formula is C18H21N3O3S2. The van der Waals surface area contributed by atoms with Crippen LogP contribution in [0, 0.1) is 0 Å². The van der Waals surface area contributed by atoms with E-state index in [0.29, 0.717) is 28.8 Å². The van der Waals surface area contributed by atoms with Crippen molar-refractivity contribution < 1.29 is 13.2 Å². The van der Waals surface area contributed by atoms with E-state index in [-0.39, 0.29) is 0 Å². The minimum Gasteiger partial charge on any atom is -0.497 e. The summed E-state index contributed by atoms with van der Waals surface area (Å²) < 4.78 is 31.8. The number of hydrogen-bond acceptors (Lipinski definition) is 4. The third-order valence-electron chi connectivity index (χ3n) is 4.14. The fourth-order valence-electron chi connectivity index (χ4n) is 2.78. The number of anilines is 2. The van der Waals surface area contributed by atoms with Gasteiger partial charge in [0.25, 0.3) is 0 Å². The molecule has 1 fully saturated rings. The van der Waals surface area contributed by atoms with Crippen molar-refractivity contribution in [3.8, 4) is 5.75 Å². The van der Waals surface area contributed by atoms with E-state index in [9.17, 15) is 8.42 Å². The largest absolute Gasteiger partial charge is 0.497 e. The molecule has 0 amide bonds. The Morgan fingerprint density at radius 2 is 1.69 bits per heavy atom. The molecule has 0 aromatic heterocycles. The van der Waals surface area contributed by atoms with Crippen LogP contribution >= 0.6 is 12.2 Å². The Morgan fingerprint density at radius 1 is 1.04 bits per heavy atom. The molecule has 1 aliphatic heterocycles. The first-order valence-corrected chi connectivity index (χ1v) is 10.2. The fourth-order valence-corrected chi connectivity index (χ4v) is 4.53. The monoisotopic (exact) mass is 391 g/mol. The molecular weight excluding hydrogens is 370 g/mol. The van der Waals surface area contributed by atoms with Gasteiger partial charge in [-0.25, -0.2) is 8.42 Å². The molecule has 2 aromatic rings. The predicted octanol–water partition coefficient (Wildman–Crippen LogP) is 3.29. The molecule has 1 aliphatic rings. The van der Waals surface area contributed by atoms with Crippen molar-refractivity contribution in [2.24, 2.45) is 0 Å². The Kier molecular flexibility index (Phi) is 5.75. The van der Waals surface area contributed by atoms with Crippen molar-refractivity contribution in [2.45, 2.75) is 17.7 Å². The quantitative estimate of drug-likeness (QED) is 0.762. The zero-order chi connectivity index (χ0) is 18.6. The van der Waals surface area contributed by atoms with E-state index >= 15 is 0 Å². The van der Waals surface area contributed by atoms with Gasteiger partial charge in [0.2, 0.25) is 10.0 Å². The summed E-state index contributed by atoms with van der Waals surface area (Å²) in [5.74, 6) is 0.731. The standard InChI is InChI=1S/C18H21N3O3S2/c1-24-16-6-4-5-15(13-16)20-18(25)19-14-7-9-17(10-8-14)26(22,23)21-11-2-3-12-21/h4-10,13H,2-3,11-12H2,1H3,(H2,19,20,25). The maximum absolute atomic E-state index is 12.5. The highest BCUT2D eigenvalue weighted by Gasteiger charge is 2.26. The molecule has 3 rings (SSSR count). The van der Waals surface area contributed by atoms with Crippen LogP contribution in [0.2, 0.25) is 0 Å². The van der Waals surface area contributed by atoms with Crippen molar-refractivity contribution in [1.82, 2.24) is 4.31 Å². The van der Waals surface area contributed by atoms with E-state index in [1.807, 2.05) is 24.3 Å². The Bertz CT molecular complexity index is 877. The maximum Gasteiger partial charge on any atom is 0.243 e. The summed E-state index contributed by atoms with van der Waals surface area (Å²) in [5.41, 5.74) is 1.51. The predicted molar refractivity (Wildman–Crippen MR) is 107 cm³/mol. The molecule has 138 valence electrons. The minimum atomic E-state index is -3.40. The third-order valence-corrected chi connectivity index (χ3v) is 6.26. The number of rotatable bonds is 5. The van der Waals surface area contributed by atoms with E-state index in [2.05, 4.69) is 10.6 Å². The van der Waals surface area contributed by atoms with Crippen molar-refractivity contribution >= 4 is 38.7 Å². The average molecular weight is 392 g/mol. The molecule has 6 nitrogen and oxygen atoms in total. The molecule has 0 spiro atoms. The first-order valence-electron chi connectivity index (χ1n) is 8.31. The van der Waals surface area contributed by atoms with Gasteiger partial charge in [-0.1, -0.05) is 6.07 Å². The van der Waals surface area contributed by atoms with Gasteiger partial charge in [0.15, 0.2) is 5.11 Å². The SMILES string of the molecule is COc1cccc(NC(=S)Nc2ccc(S(=O)(=O)N3CCCC3)cc2)c1. The summed E-state index contributed by atoms with van der Waals surface area (Å²) in [6, 6.07) is 14.0. The van der Waals surface area contributed by atoms with E-state index in [0.717, 1.165) is 24.3 Å². The van der Waals surface area contributed by atoms with Crippen LogP contribution in [0.1, 0.15) is 12.8 Å². The highest BCUT2D eigenvalue weighted by molar-refractivity contribution is 7.89. The van der Waals surface area contributed by atoms with Gasteiger partial charge in [-0.05, 0) is 61.5 Å². The highest BCUT2D eigenvalue weighted by Crippen LogP contribution is 2.22. The number of sulfonamides is 1. The Hall–Kier alpha value is -2.16. The lowest BCUT2D eigenvalue weighted by atomic mass is 10.3. The zero-order valence-corrected chi connectivity index (χ0v) is 16.1. The van der Waals surface area contributed by atoms with Crippen molar-refractivity contribution in [3.63, 3.8) is 0 Å². The topological polar surface area (TPSA) is 70.7 Å². The summed E-state index contributed by atoms with van der Waals surface area (Å²) in [6.07, 6.45) is 1.84. The number of nitrogens with zero attached hydrogens (tertiary/aromatic N) is 1. The average Bonchev–Trinajstić information content (AvgIpc) is 3.18. The van der Waals surface area contributed by atoms with Gasteiger partial charge in [0.1, 0.15) is 5.75 Å². The van der Waals surface area contributed by atoms with Crippen LogP contribution in [0.5, 0.6) is 5.75 Å². The fraction of sp³-hybridized carbons (Fsp3) is 0.278. The minimum absolute atomic E-state index is 0.302. The molecule has 2 N–H and O–H groups in total. The molecule has 8 heteroatoms. The Morgan fingerprint density at radius 3 is 2.35 bits per heavy atom. The Balaban J connectivity index is 1.64. The summed E-state index contributed by atoms with van der Waals surface area (Å²) in [4.78, 5) is 0.302. The van der Waals surface area contributed by atoms with Crippen molar-refractivity contribution in [2.75, 3.05) is 30.8 Å². The molecule has 0 radical (unpaired) electrons. The van der Waals surface area contributed by atoms with Crippen LogP contribution in [0.15, 0.2) is 53.4 Å². The zero-order valence-electron chi connectivity index (χ0n) is 14.4. The highest BCUT2D eigenvalue weighted by atomic mass is 32.2. The molecule has 0 saturated carbocycles. The summed E-state index contributed by atoms with van der Waals surface area (Å²) >= 11 is 5.30. The summed E-state index contributed by atoms with van der Waals surface area (Å²) in [6.45, 7) is 1.19. The second kappa shape index (κ2) is 8.03.